The molecular weight excluding hydrogens is 442 g/mol. The van der Waals surface area contributed by atoms with Crippen molar-refractivity contribution in [2.45, 2.75) is 84.0 Å². The fraction of sp³-hybridized carbons (Fsp3) is 0.394. The first-order chi connectivity index (χ1) is 17.3. The predicted molar refractivity (Wildman–Crippen MR) is 149 cm³/mol. The van der Waals surface area contributed by atoms with Gasteiger partial charge in [-0.15, -0.1) is 0 Å². The standard InChI is InChI=1S/C33H41NO2/c1-5-7-11-25-13-9-15-28(21-25)30(32(34)36)31(35)33(4,23-27-19-17-24(3)18-20-27)29-16-10-14-26(22-29)12-8-6-2/h9-10,13-22,30H,5-8,11-12,23H2,1-4H3,(H2,34,36). The third kappa shape index (κ3) is 6.72. The van der Waals surface area contributed by atoms with Gasteiger partial charge in [-0.2, -0.15) is 0 Å². The molecule has 0 saturated carbocycles. The number of amides is 1. The van der Waals surface area contributed by atoms with E-state index in [2.05, 4.69) is 63.2 Å². The van der Waals surface area contributed by atoms with Gasteiger partial charge in [-0.25, -0.2) is 0 Å². The molecule has 2 atom stereocenters. The fourth-order valence-corrected chi connectivity index (χ4v) is 4.97. The highest BCUT2D eigenvalue weighted by molar-refractivity contribution is 6.10. The number of primary amides is 1. The normalized spacial score (nSPS) is 13.7. The lowest BCUT2D eigenvalue weighted by Gasteiger charge is -2.32. The van der Waals surface area contributed by atoms with Gasteiger partial charge in [0, 0.05) is 0 Å². The van der Waals surface area contributed by atoms with E-state index < -0.39 is 17.2 Å². The highest BCUT2D eigenvalue weighted by Crippen LogP contribution is 2.36. The number of aryl methyl sites for hydroxylation is 3. The van der Waals surface area contributed by atoms with Crippen molar-refractivity contribution in [3.05, 3.63) is 106 Å². The van der Waals surface area contributed by atoms with Crippen LogP contribution in [0, 0.1) is 6.92 Å². The lowest BCUT2D eigenvalue weighted by atomic mass is 9.68. The van der Waals surface area contributed by atoms with Gasteiger partial charge in [-0.05, 0) is 73.8 Å². The summed E-state index contributed by atoms with van der Waals surface area (Å²) in [5.74, 6) is -1.73. The van der Waals surface area contributed by atoms with Gasteiger partial charge >= 0.3 is 0 Å². The van der Waals surface area contributed by atoms with E-state index in [4.69, 9.17) is 5.73 Å². The molecular formula is C33H41NO2. The highest BCUT2D eigenvalue weighted by Gasteiger charge is 2.42. The van der Waals surface area contributed by atoms with E-state index in [0.29, 0.717) is 12.0 Å². The molecule has 2 unspecified atom stereocenters. The van der Waals surface area contributed by atoms with Crippen LogP contribution < -0.4 is 5.73 Å². The summed E-state index contributed by atoms with van der Waals surface area (Å²) in [6.45, 7) is 8.37. The molecule has 0 aliphatic carbocycles. The Balaban J connectivity index is 2.08. The van der Waals surface area contributed by atoms with Crippen molar-refractivity contribution in [1.82, 2.24) is 0 Å². The summed E-state index contributed by atoms with van der Waals surface area (Å²) in [5.41, 5.74) is 11.3. The Morgan fingerprint density at radius 2 is 1.39 bits per heavy atom. The van der Waals surface area contributed by atoms with Crippen LogP contribution in [0.2, 0.25) is 0 Å². The molecule has 3 heteroatoms. The number of nitrogens with two attached hydrogens (primary N) is 1. The number of ketones is 1. The maximum absolute atomic E-state index is 14.4. The van der Waals surface area contributed by atoms with Crippen LogP contribution in [0.3, 0.4) is 0 Å². The molecule has 3 rings (SSSR count). The average Bonchev–Trinajstić information content (AvgIpc) is 2.87. The molecule has 0 saturated heterocycles. The third-order valence-electron chi connectivity index (χ3n) is 7.26. The molecule has 3 aromatic carbocycles. The fourth-order valence-electron chi connectivity index (χ4n) is 4.97. The first kappa shape index (κ1) is 27.4. The number of carbonyl (C=O) groups excluding carboxylic acids is 2. The smallest absolute Gasteiger partial charge is 0.232 e. The molecule has 0 fully saturated rings. The third-order valence-corrected chi connectivity index (χ3v) is 7.26. The monoisotopic (exact) mass is 483 g/mol. The number of rotatable bonds is 13. The second-order valence-electron chi connectivity index (χ2n) is 10.3. The molecule has 36 heavy (non-hydrogen) atoms. The number of Topliss-reactive ketones (excluding diaryl/α,β-unsaturated/α-hetero) is 1. The average molecular weight is 484 g/mol. The van der Waals surface area contributed by atoms with Gasteiger partial charge in [0.2, 0.25) is 5.91 Å². The van der Waals surface area contributed by atoms with Crippen LogP contribution in [0.5, 0.6) is 0 Å². The Kier molecular flexibility index (Phi) is 9.64. The van der Waals surface area contributed by atoms with Crippen molar-refractivity contribution in [1.29, 1.82) is 0 Å². The molecule has 0 aromatic heterocycles. The summed E-state index contributed by atoms with van der Waals surface area (Å²) in [7, 11) is 0. The molecule has 0 heterocycles. The summed E-state index contributed by atoms with van der Waals surface area (Å²) >= 11 is 0. The minimum atomic E-state index is -0.999. The minimum Gasteiger partial charge on any atom is -0.369 e. The molecule has 0 bridgehead atoms. The molecule has 0 spiro atoms. The van der Waals surface area contributed by atoms with Crippen molar-refractivity contribution in [3.63, 3.8) is 0 Å². The molecule has 0 radical (unpaired) electrons. The van der Waals surface area contributed by atoms with Crippen molar-refractivity contribution in [2.24, 2.45) is 5.73 Å². The summed E-state index contributed by atoms with van der Waals surface area (Å²) in [6.07, 6.45) is 6.76. The van der Waals surface area contributed by atoms with Crippen molar-refractivity contribution in [3.8, 4) is 0 Å². The Labute approximate surface area is 217 Å². The van der Waals surface area contributed by atoms with Crippen molar-refractivity contribution >= 4 is 11.7 Å². The maximum Gasteiger partial charge on any atom is 0.232 e. The van der Waals surface area contributed by atoms with E-state index in [-0.39, 0.29) is 5.78 Å². The van der Waals surface area contributed by atoms with Gasteiger partial charge in [-0.1, -0.05) is 105 Å². The lowest BCUT2D eigenvalue weighted by molar-refractivity contribution is -0.132. The van der Waals surface area contributed by atoms with Gasteiger partial charge in [-0.3, -0.25) is 9.59 Å². The minimum absolute atomic E-state index is 0.143. The summed E-state index contributed by atoms with van der Waals surface area (Å²) in [5, 5.41) is 0. The Bertz CT molecular complexity index is 1160. The SMILES string of the molecule is CCCCc1cccc(C(C(N)=O)C(=O)C(C)(Cc2ccc(C)cc2)c2cccc(CCCC)c2)c1. The van der Waals surface area contributed by atoms with Gasteiger partial charge in [0.25, 0.3) is 0 Å². The van der Waals surface area contributed by atoms with Crippen molar-refractivity contribution < 1.29 is 9.59 Å². The first-order valence-electron chi connectivity index (χ1n) is 13.4. The van der Waals surface area contributed by atoms with E-state index in [1.807, 2.05) is 37.3 Å². The zero-order valence-corrected chi connectivity index (χ0v) is 22.3. The second-order valence-corrected chi connectivity index (χ2v) is 10.3. The molecule has 0 aliphatic heterocycles. The zero-order valence-electron chi connectivity index (χ0n) is 22.3. The van der Waals surface area contributed by atoms with Crippen LogP contribution >= 0.6 is 0 Å². The molecule has 1 amide bonds. The van der Waals surface area contributed by atoms with Gasteiger partial charge in [0.05, 0.1) is 5.41 Å². The van der Waals surface area contributed by atoms with Crippen LogP contribution in [-0.4, -0.2) is 11.7 Å². The van der Waals surface area contributed by atoms with Crippen LogP contribution in [-0.2, 0) is 34.3 Å². The molecule has 0 aliphatic rings. The largest absolute Gasteiger partial charge is 0.369 e. The number of benzene rings is 3. The predicted octanol–water partition coefficient (Wildman–Crippen LogP) is 7.02. The topological polar surface area (TPSA) is 60.2 Å². The van der Waals surface area contributed by atoms with Crippen LogP contribution in [0.25, 0.3) is 0 Å². The maximum atomic E-state index is 14.4. The zero-order chi connectivity index (χ0) is 26.1. The van der Waals surface area contributed by atoms with E-state index >= 15 is 0 Å². The Hall–Kier alpha value is -3.20. The molecule has 2 N–H and O–H groups in total. The van der Waals surface area contributed by atoms with E-state index in [1.165, 1.54) is 11.1 Å². The summed E-state index contributed by atoms with van der Waals surface area (Å²) in [4.78, 5) is 27.3. The van der Waals surface area contributed by atoms with Gasteiger partial charge < -0.3 is 5.73 Å². The van der Waals surface area contributed by atoms with Crippen molar-refractivity contribution in [2.75, 3.05) is 0 Å². The van der Waals surface area contributed by atoms with Gasteiger partial charge in [0.15, 0.2) is 5.78 Å². The number of unbranched alkanes of at least 4 members (excludes halogenated alkanes) is 2. The Morgan fingerprint density at radius 3 is 1.97 bits per heavy atom. The summed E-state index contributed by atoms with van der Waals surface area (Å²) < 4.78 is 0. The van der Waals surface area contributed by atoms with E-state index in [1.54, 1.807) is 0 Å². The van der Waals surface area contributed by atoms with Gasteiger partial charge in [0.1, 0.15) is 5.92 Å². The van der Waals surface area contributed by atoms with Crippen LogP contribution in [0.4, 0.5) is 0 Å². The molecule has 3 nitrogen and oxygen atoms in total. The second kappa shape index (κ2) is 12.7. The van der Waals surface area contributed by atoms with E-state index in [9.17, 15) is 9.59 Å². The van der Waals surface area contributed by atoms with E-state index in [0.717, 1.165) is 55.2 Å². The highest BCUT2D eigenvalue weighted by atomic mass is 16.2. The number of hydrogen-bond acceptors (Lipinski definition) is 2. The quantitative estimate of drug-likeness (QED) is 0.266. The van der Waals surface area contributed by atoms with Crippen LogP contribution in [0.1, 0.15) is 85.8 Å². The summed E-state index contributed by atoms with van der Waals surface area (Å²) in [6, 6.07) is 24.5. The first-order valence-corrected chi connectivity index (χ1v) is 13.4. The number of carbonyl (C=O) groups is 2. The molecule has 3 aromatic rings. The van der Waals surface area contributed by atoms with Crippen LogP contribution in [0.15, 0.2) is 72.8 Å². The number of hydrogen-bond donors (Lipinski definition) is 1. The lowest BCUT2D eigenvalue weighted by Crippen LogP contribution is -2.43. The Morgan fingerprint density at radius 1 is 0.806 bits per heavy atom. The molecule has 190 valence electrons.